The first-order valence-electron chi connectivity index (χ1n) is 36.5. The lowest BCUT2D eigenvalue weighted by atomic mass is 9.85. The van der Waals surface area contributed by atoms with Gasteiger partial charge >= 0.3 is 0 Å². The molecule has 0 radical (unpaired) electrons. The molecule has 4 heterocycles. The quantitative estimate of drug-likeness (QED) is 0.113. The van der Waals surface area contributed by atoms with Crippen molar-refractivity contribution in [2.45, 2.75) is 0 Å². The molecule has 0 atom stereocenters. The van der Waals surface area contributed by atoms with Gasteiger partial charge in [-0.3, -0.25) is 9.97 Å². The van der Waals surface area contributed by atoms with Gasteiger partial charge in [0.1, 0.15) is 0 Å². The van der Waals surface area contributed by atoms with E-state index in [1.165, 1.54) is 98.0 Å². The van der Waals surface area contributed by atoms with Crippen LogP contribution in [0.5, 0.6) is 0 Å². The second-order valence-electron chi connectivity index (χ2n) is 27.2. The monoisotopic (exact) mass is 1370 g/mol. The fraction of sp³-hybridized carbons (Fsp3) is 0. The lowest BCUT2D eigenvalue weighted by molar-refractivity contribution is 1.18. The van der Waals surface area contributed by atoms with Crippen LogP contribution in [0.15, 0.2) is 401 Å². The Labute approximate surface area is 626 Å². The summed E-state index contributed by atoms with van der Waals surface area (Å²) in [5, 5.41) is 14.5. The zero-order valence-electron chi connectivity index (χ0n) is 58.8. The van der Waals surface area contributed by atoms with Gasteiger partial charge in [-0.2, -0.15) is 0 Å². The normalized spacial score (nSPS) is 11.3. The average Bonchev–Trinajstić information content (AvgIpc) is 0.739. The average molecular weight is 1380 g/mol. The number of aromatic nitrogens is 6. The molecule has 20 aromatic rings. The molecule has 0 bridgehead atoms. The second-order valence-corrected chi connectivity index (χ2v) is 27.2. The number of hydrogen-bond donors (Lipinski definition) is 0. The van der Waals surface area contributed by atoms with Gasteiger partial charge in [-0.1, -0.05) is 322 Å². The zero-order chi connectivity index (χ0) is 71.7. The molecular formula is C102H66N6. The molecule has 0 aliphatic carbocycles. The summed E-state index contributed by atoms with van der Waals surface area (Å²) >= 11 is 0. The number of nitrogens with zero attached hydrogens (tertiary/aromatic N) is 6. The van der Waals surface area contributed by atoms with Crippen molar-refractivity contribution in [1.82, 2.24) is 29.9 Å². The third-order valence-electron chi connectivity index (χ3n) is 20.6. The van der Waals surface area contributed by atoms with Crippen LogP contribution in [0.25, 0.3) is 199 Å². The maximum absolute atomic E-state index is 5.33. The zero-order valence-corrected chi connectivity index (χ0v) is 58.8. The molecule has 0 saturated heterocycles. The van der Waals surface area contributed by atoms with E-state index < -0.39 is 0 Å². The van der Waals surface area contributed by atoms with Crippen molar-refractivity contribution in [3.8, 4) is 135 Å². The standard InChI is InChI=1S/2C51H33N3/c1-2-15-35(16-3-1)49-42-22-6-8-24-44(42)50(45-25-9-7-23-43(45)49)40-20-13-21-41(32-40)51-53-47(38-19-12-18-37(31-38)46-26-10-11-29-52-46)33-48(54-51)39-28-27-34-14-4-5-17-36(34)30-39;1-2-15-35(16-3-1)49-43-23-8-10-25-45(43)50(46-26-11-9-24-44(46)49)38-18-12-19-39(31-38)51-53-47(37-28-27-34-14-4-5-17-36(34)30-37)32-48(54-51)42-22-7-6-21-41(42)40-20-13-29-52-33-40/h2*1-33H. The van der Waals surface area contributed by atoms with Gasteiger partial charge in [0.2, 0.25) is 0 Å². The highest BCUT2D eigenvalue weighted by molar-refractivity contribution is 6.23. The fourth-order valence-electron chi connectivity index (χ4n) is 15.6. The van der Waals surface area contributed by atoms with Gasteiger partial charge in [-0.15, -0.1) is 0 Å². The van der Waals surface area contributed by atoms with E-state index in [4.69, 9.17) is 19.9 Å². The summed E-state index contributed by atoms with van der Waals surface area (Å²) in [6, 6.07) is 135. The molecule has 6 heteroatoms. The maximum atomic E-state index is 5.33. The Morgan fingerprint density at radius 2 is 0.500 bits per heavy atom. The summed E-state index contributed by atoms with van der Waals surface area (Å²) in [6.07, 6.45) is 5.55. The maximum Gasteiger partial charge on any atom is 0.160 e. The third-order valence-corrected chi connectivity index (χ3v) is 20.6. The molecule has 0 aliphatic heterocycles. The first-order chi connectivity index (χ1) is 53.5. The number of pyridine rings is 2. The van der Waals surface area contributed by atoms with Crippen molar-refractivity contribution < 1.29 is 0 Å². The third kappa shape index (κ3) is 12.3. The van der Waals surface area contributed by atoms with E-state index in [1.54, 1.807) is 6.20 Å². The predicted octanol–water partition coefficient (Wildman–Crippen LogP) is 26.7. The summed E-state index contributed by atoms with van der Waals surface area (Å²) in [5.41, 5.74) is 23.2. The molecule has 0 spiro atoms. The lowest BCUT2D eigenvalue weighted by Gasteiger charge is -2.18. The van der Waals surface area contributed by atoms with E-state index >= 15 is 0 Å². The van der Waals surface area contributed by atoms with Crippen LogP contribution in [0, 0.1) is 0 Å². The van der Waals surface area contributed by atoms with Crippen molar-refractivity contribution in [2.24, 2.45) is 0 Å². The van der Waals surface area contributed by atoms with Crippen LogP contribution in [0.4, 0.5) is 0 Å². The van der Waals surface area contributed by atoms with E-state index in [9.17, 15) is 0 Å². The van der Waals surface area contributed by atoms with Crippen LogP contribution >= 0.6 is 0 Å². The van der Waals surface area contributed by atoms with E-state index in [1.807, 2.05) is 36.7 Å². The lowest BCUT2D eigenvalue weighted by Crippen LogP contribution is -1.97. The molecule has 4 aromatic heterocycles. The van der Waals surface area contributed by atoms with E-state index in [-0.39, 0.29) is 0 Å². The van der Waals surface area contributed by atoms with Crippen molar-refractivity contribution in [3.05, 3.63) is 401 Å². The van der Waals surface area contributed by atoms with Gasteiger partial charge in [-0.05, 0) is 175 Å². The minimum Gasteiger partial charge on any atom is -0.264 e. The molecule has 20 rings (SSSR count). The first kappa shape index (κ1) is 64.4. The van der Waals surface area contributed by atoms with Gasteiger partial charge in [0.25, 0.3) is 0 Å². The number of fused-ring (bicyclic) bond motifs is 6. The topological polar surface area (TPSA) is 77.3 Å². The van der Waals surface area contributed by atoms with Crippen molar-refractivity contribution >= 4 is 64.6 Å². The molecule has 0 N–H and O–H groups in total. The molecular weight excluding hydrogens is 1310 g/mol. The van der Waals surface area contributed by atoms with Crippen LogP contribution in [-0.4, -0.2) is 29.9 Å². The second kappa shape index (κ2) is 28.3. The van der Waals surface area contributed by atoms with Crippen LogP contribution < -0.4 is 0 Å². The predicted molar refractivity (Wildman–Crippen MR) is 450 cm³/mol. The van der Waals surface area contributed by atoms with E-state index in [0.29, 0.717) is 11.6 Å². The summed E-state index contributed by atoms with van der Waals surface area (Å²) in [6.45, 7) is 0. The molecule has 0 aliphatic rings. The highest BCUT2D eigenvalue weighted by atomic mass is 14.9. The van der Waals surface area contributed by atoms with Gasteiger partial charge in [-0.25, -0.2) is 19.9 Å². The van der Waals surface area contributed by atoms with Gasteiger partial charge in [0.05, 0.1) is 28.5 Å². The van der Waals surface area contributed by atoms with Crippen molar-refractivity contribution in [3.63, 3.8) is 0 Å². The van der Waals surface area contributed by atoms with Crippen LogP contribution in [0.1, 0.15) is 0 Å². The summed E-state index contributed by atoms with van der Waals surface area (Å²) in [7, 11) is 0. The number of benzene rings is 16. The van der Waals surface area contributed by atoms with Crippen LogP contribution in [0.3, 0.4) is 0 Å². The Kier molecular flexibility index (Phi) is 16.9. The Bertz CT molecular complexity index is 6690. The molecule has 6 nitrogen and oxygen atoms in total. The van der Waals surface area contributed by atoms with Gasteiger partial charge in [0, 0.05) is 63.1 Å². The van der Waals surface area contributed by atoms with Crippen molar-refractivity contribution in [2.75, 3.05) is 0 Å². The summed E-state index contributed by atoms with van der Waals surface area (Å²) < 4.78 is 0. The Morgan fingerprint density at radius 1 is 0.167 bits per heavy atom. The molecule has 0 saturated carbocycles. The molecule has 504 valence electrons. The number of hydrogen-bond acceptors (Lipinski definition) is 6. The Morgan fingerprint density at radius 3 is 0.944 bits per heavy atom. The highest BCUT2D eigenvalue weighted by Crippen LogP contribution is 2.47. The summed E-state index contributed by atoms with van der Waals surface area (Å²) in [4.78, 5) is 30.2. The van der Waals surface area contributed by atoms with E-state index in [0.717, 1.165) is 89.7 Å². The Balaban J connectivity index is 0.000000147. The molecule has 0 fully saturated rings. The van der Waals surface area contributed by atoms with Gasteiger partial charge in [0.15, 0.2) is 11.6 Å². The largest absolute Gasteiger partial charge is 0.264 e. The van der Waals surface area contributed by atoms with E-state index in [2.05, 4.69) is 368 Å². The molecule has 108 heavy (non-hydrogen) atoms. The SMILES string of the molecule is c1ccc(-c2c3ccccc3c(-c3cccc(-c4nc(-c5ccc6ccccc6c5)cc(-c5ccccc5-c5cccnc5)n4)c3)c3ccccc23)cc1.c1ccc(-c2c3ccccc3c(-c3cccc(-c4nc(-c5cccc(-c6ccccn6)c5)cc(-c5ccc6ccccc6c5)n4)c3)c3ccccc23)cc1. The smallest absolute Gasteiger partial charge is 0.160 e. The van der Waals surface area contributed by atoms with Crippen LogP contribution in [0.2, 0.25) is 0 Å². The van der Waals surface area contributed by atoms with Gasteiger partial charge < -0.3 is 0 Å². The molecule has 0 unspecified atom stereocenters. The minimum atomic E-state index is 0.674. The Hall–Kier alpha value is -14.5. The fourth-order valence-corrected chi connectivity index (χ4v) is 15.6. The number of rotatable bonds is 12. The molecule has 0 amide bonds. The first-order valence-corrected chi connectivity index (χ1v) is 36.5. The summed E-state index contributed by atoms with van der Waals surface area (Å²) in [5.74, 6) is 1.35. The van der Waals surface area contributed by atoms with Crippen LogP contribution in [-0.2, 0) is 0 Å². The highest BCUT2D eigenvalue weighted by Gasteiger charge is 2.22. The molecule has 16 aromatic carbocycles. The minimum absolute atomic E-state index is 0.674. The van der Waals surface area contributed by atoms with Crippen molar-refractivity contribution in [1.29, 1.82) is 0 Å².